The van der Waals surface area contributed by atoms with Gasteiger partial charge in [-0.2, -0.15) is 0 Å². The third-order valence-corrected chi connectivity index (χ3v) is 4.68. The molecule has 0 amide bonds. The summed E-state index contributed by atoms with van der Waals surface area (Å²) in [5.74, 6) is -3.03. The van der Waals surface area contributed by atoms with Crippen molar-refractivity contribution in [2.75, 3.05) is 7.11 Å². The first-order valence-electron chi connectivity index (χ1n) is 10.0. The molecule has 12 nitrogen and oxygen atoms in total. The average Bonchev–Trinajstić information content (AvgIpc) is 2.98. The molecule has 0 aromatic heterocycles. The van der Waals surface area contributed by atoms with E-state index in [2.05, 4.69) is 0 Å². The van der Waals surface area contributed by atoms with Crippen molar-refractivity contribution in [3.05, 3.63) is 22.9 Å². The summed E-state index contributed by atoms with van der Waals surface area (Å²) in [6.07, 6.45) is -8.98. The van der Waals surface area contributed by atoms with Crippen molar-refractivity contribution >= 4 is 23.9 Å². The Morgan fingerprint density at radius 3 is 1.82 bits per heavy atom. The van der Waals surface area contributed by atoms with Crippen LogP contribution < -0.4 is 0 Å². The second-order valence-corrected chi connectivity index (χ2v) is 7.58. The van der Waals surface area contributed by atoms with Crippen LogP contribution in [0.5, 0.6) is 0 Å². The smallest absolute Gasteiger partial charge is 0.339 e. The second kappa shape index (κ2) is 10.7. The molecule has 2 aliphatic heterocycles. The van der Waals surface area contributed by atoms with Gasteiger partial charge in [-0.25, -0.2) is 4.79 Å². The molecule has 1 saturated heterocycles. The third-order valence-electron chi connectivity index (χ3n) is 4.68. The first-order chi connectivity index (χ1) is 15.4. The van der Waals surface area contributed by atoms with Crippen LogP contribution in [0.2, 0.25) is 0 Å². The third kappa shape index (κ3) is 6.02. The summed E-state index contributed by atoms with van der Waals surface area (Å²) in [5, 5.41) is 10.6. The van der Waals surface area contributed by atoms with Gasteiger partial charge in [0.25, 0.3) is 0 Å². The van der Waals surface area contributed by atoms with Crippen molar-refractivity contribution in [1.29, 1.82) is 0 Å². The van der Waals surface area contributed by atoms with E-state index < -0.39 is 60.7 Å². The minimum atomic E-state index is -1.61. The first kappa shape index (κ1) is 26.1. The number of ether oxygens (including phenoxy) is 7. The van der Waals surface area contributed by atoms with Crippen molar-refractivity contribution in [3.8, 4) is 0 Å². The highest BCUT2D eigenvalue weighted by Gasteiger charge is 2.56. The Labute approximate surface area is 190 Å². The Balaban J connectivity index is 2.52. The van der Waals surface area contributed by atoms with Crippen molar-refractivity contribution in [3.63, 3.8) is 0 Å². The molecule has 2 rings (SSSR count). The molecular formula is C21H28O12. The molecule has 6 atom stereocenters. The quantitative estimate of drug-likeness (QED) is 0.426. The Morgan fingerprint density at radius 1 is 0.848 bits per heavy atom. The average molecular weight is 472 g/mol. The number of aliphatic hydroxyl groups excluding tert-OH is 1. The molecule has 2 aliphatic rings. The van der Waals surface area contributed by atoms with Crippen molar-refractivity contribution in [1.82, 2.24) is 0 Å². The lowest BCUT2D eigenvalue weighted by molar-refractivity contribution is -0.295. The minimum absolute atomic E-state index is 0.0653. The maximum absolute atomic E-state index is 12.4. The van der Waals surface area contributed by atoms with Gasteiger partial charge in [-0.15, -0.1) is 0 Å². The number of methoxy groups -OCH3 is 1. The van der Waals surface area contributed by atoms with E-state index in [1.165, 1.54) is 6.92 Å². The Kier molecular flexibility index (Phi) is 8.45. The van der Waals surface area contributed by atoms with Gasteiger partial charge in [-0.3, -0.25) is 14.4 Å². The van der Waals surface area contributed by atoms with Gasteiger partial charge in [0, 0.05) is 20.8 Å². The van der Waals surface area contributed by atoms with E-state index in [0.717, 1.165) is 27.9 Å². The zero-order chi connectivity index (χ0) is 25.0. The van der Waals surface area contributed by atoms with E-state index in [-0.39, 0.29) is 17.3 Å². The second-order valence-electron chi connectivity index (χ2n) is 7.58. The number of carbonyl (C=O) groups is 4. The van der Waals surface area contributed by atoms with Crippen LogP contribution in [0.25, 0.3) is 0 Å². The van der Waals surface area contributed by atoms with Crippen molar-refractivity contribution < 1.29 is 57.4 Å². The summed E-state index contributed by atoms with van der Waals surface area (Å²) in [6.45, 7) is 8.22. The molecule has 2 heterocycles. The lowest BCUT2D eigenvalue weighted by Crippen LogP contribution is -2.63. The molecule has 1 fully saturated rings. The summed E-state index contributed by atoms with van der Waals surface area (Å²) in [7, 11) is 1.08. The van der Waals surface area contributed by atoms with E-state index in [4.69, 9.17) is 33.2 Å². The highest BCUT2D eigenvalue weighted by Crippen LogP contribution is 2.36. The Bertz CT molecular complexity index is 868. The Hall–Kier alpha value is -3.12. The number of esters is 4. The molecule has 0 saturated carbocycles. The maximum Gasteiger partial charge on any atom is 0.339 e. The molecule has 0 aliphatic carbocycles. The molecule has 0 aromatic carbocycles. The van der Waals surface area contributed by atoms with Gasteiger partial charge in [-0.1, -0.05) is 0 Å². The summed E-state index contributed by atoms with van der Waals surface area (Å²) < 4.78 is 37.5. The van der Waals surface area contributed by atoms with Gasteiger partial charge in [0.1, 0.15) is 11.5 Å². The molecule has 1 N–H and O–H groups in total. The van der Waals surface area contributed by atoms with E-state index >= 15 is 0 Å². The molecule has 0 spiro atoms. The fraction of sp³-hybridized carbons (Fsp3) is 0.619. The number of carbonyl (C=O) groups excluding carboxylic acids is 4. The number of aliphatic hydroxyl groups is 1. The minimum Gasteiger partial charge on any atom is -0.467 e. The van der Waals surface area contributed by atoms with Crippen molar-refractivity contribution in [2.24, 2.45) is 0 Å². The topological polar surface area (TPSA) is 153 Å². The lowest BCUT2D eigenvalue weighted by atomic mass is 9.97. The van der Waals surface area contributed by atoms with Gasteiger partial charge < -0.3 is 38.3 Å². The molecule has 0 aromatic rings. The van der Waals surface area contributed by atoms with Crippen LogP contribution >= 0.6 is 0 Å². The standard InChI is InChI=1S/C21H28O12/c1-8(2)14-13(25)15(9(3)28-14)32-21-19(31-12(6)24)17(30-11(5)23)16(29-10(4)22)18(33-21)20(26)27-7/h13,16-19,21,25H,1-7H3/t13?,16-,17-,18-,19+,21+/m0/s1. The van der Waals surface area contributed by atoms with Crippen LogP contribution in [0.4, 0.5) is 0 Å². The lowest BCUT2D eigenvalue weighted by Gasteiger charge is -2.43. The number of hydrogen-bond donors (Lipinski definition) is 1. The van der Waals surface area contributed by atoms with Gasteiger partial charge in [0.15, 0.2) is 30.2 Å². The van der Waals surface area contributed by atoms with Crippen LogP contribution in [-0.2, 0) is 52.3 Å². The van der Waals surface area contributed by atoms with Crippen LogP contribution in [0, 0.1) is 0 Å². The SMILES string of the molecule is COC(=O)[C@H]1O[C@@H](OC2=C(C)OC(=C(C)C)C2O)[C@H](OC(C)=O)[C@@H](OC(C)=O)[C@@H]1OC(C)=O. The molecule has 1 unspecified atom stereocenters. The molecule has 0 bridgehead atoms. The monoisotopic (exact) mass is 472 g/mol. The largest absolute Gasteiger partial charge is 0.467 e. The highest BCUT2D eigenvalue weighted by atomic mass is 16.7. The van der Waals surface area contributed by atoms with Crippen LogP contribution in [0.1, 0.15) is 41.5 Å². The zero-order valence-corrected chi connectivity index (χ0v) is 19.4. The number of hydrogen-bond acceptors (Lipinski definition) is 12. The molecule has 184 valence electrons. The molecule has 12 heteroatoms. The fourth-order valence-electron chi connectivity index (χ4n) is 3.41. The van der Waals surface area contributed by atoms with Gasteiger partial charge in [-0.05, 0) is 26.3 Å². The van der Waals surface area contributed by atoms with Crippen LogP contribution in [-0.4, -0.2) is 72.9 Å². The van der Waals surface area contributed by atoms with E-state index in [0.29, 0.717) is 5.57 Å². The fourth-order valence-corrected chi connectivity index (χ4v) is 3.41. The summed E-state index contributed by atoms with van der Waals surface area (Å²) in [6, 6.07) is 0. The molecule has 33 heavy (non-hydrogen) atoms. The molecular weight excluding hydrogens is 444 g/mol. The first-order valence-corrected chi connectivity index (χ1v) is 10.0. The summed E-state index contributed by atoms with van der Waals surface area (Å²) in [5.41, 5.74) is 0.682. The van der Waals surface area contributed by atoms with Gasteiger partial charge >= 0.3 is 23.9 Å². The van der Waals surface area contributed by atoms with E-state index in [1.807, 2.05) is 0 Å². The maximum atomic E-state index is 12.4. The Morgan fingerprint density at radius 2 is 1.36 bits per heavy atom. The summed E-state index contributed by atoms with van der Waals surface area (Å²) in [4.78, 5) is 47.8. The van der Waals surface area contributed by atoms with E-state index in [9.17, 15) is 24.3 Å². The summed E-state index contributed by atoms with van der Waals surface area (Å²) >= 11 is 0. The van der Waals surface area contributed by atoms with E-state index in [1.54, 1.807) is 13.8 Å². The normalized spacial score (nSPS) is 29.0. The number of rotatable bonds is 6. The van der Waals surface area contributed by atoms with Crippen LogP contribution in [0.15, 0.2) is 22.9 Å². The van der Waals surface area contributed by atoms with Crippen molar-refractivity contribution in [2.45, 2.75) is 78.4 Å². The molecule has 0 radical (unpaired) electrons. The number of allylic oxidation sites excluding steroid dienone is 2. The zero-order valence-electron chi connectivity index (χ0n) is 19.4. The highest BCUT2D eigenvalue weighted by molar-refractivity contribution is 5.77. The predicted octanol–water partition coefficient (Wildman–Crippen LogP) is 0.612. The predicted molar refractivity (Wildman–Crippen MR) is 107 cm³/mol. The van der Waals surface area contributed by atoms with Crippen LogP contribution in [0.3, 0.4) is 0 Å². The van der Waals surface area contributed by atoms with Gasteiger partial charge in [0.05, 0.1) is 7.11 Å². The van der Waals surface area contributed by atoms with Gasteiger partial charge in [0.2, 0.25) is 12.4 Å².